The van der Waals surface area contributed by atoms with Gasteiger partial charge in [0.2, 0.25) is 5.91 Å². The van der Waals surface area contributed by atoms with Crippen LogP contribution in [0.1, 0.15) is 36.8 Å². The fourth-order valence-corrected chi connectivity index (χ4v) is 2.56. The van der Waals surface area contributed by atoms with E-state index >= 15 is 0 Å². The first-order valence-electron chi connectivity index (χ1n) is 5.73. The third-order valence-electron chi connectivity index (χ3n) is 2.78. The Bertz CT molecular complexity index is 452. The van der Waals surface area contributed by atoms with E-state index in [1.165, 1.54) is 0 Å². The lowest BCUT2D eigenvalue weighted by molar-refractivity contribution is -0.118. The molecule has 1 rings (SSSR count). The number of hydrogen-bond acceptors (Lipinski definition) is 2. The molecule has 1 aromatic rings. The fraction of sp³-hybridized carbons (Fsp3) is 0.417. The molecule has 6 heteroatoms. The van der Waals surface area contributed by atoms with Crippen molar-refractivity contribution in [1.82, 2.24) is 0 Å². The minimum atomic E-state index is -4.03. The highest BCUT2D eigenvalue weighted by Crippen LogP contribution is 2.39. The Morgan fingerprint density at radius 2 is 1.89 bits per heavy atom. The van der Waals surface area contributed by atoms with Gasteiger partial charge in [0.1, 0.15) is 0 Å². The molecule has 0 radical (unpaired) electrons. The Labute approximate surface area is 106 Å². The Morgan fingerprint density at radius 3 is 2.28 bits per heavy atom. The number of amides is 1. The molecule has 1 unspecified atom stereocenters. The highest BCUT2D eigenvalue weighted by Gasteiger charge is 2.15. The van der Waals surface area contributed by atoms with E-state index in [0.29, 0.717) is 5.56 Å². The zero-order valence-electron chi connectivity index (χ0n) is 10.2. The van der Waals surface area contributed by atoms with Gasteiger partial charge in [0.15, 0.2) is 0 Å². The van der Waals surface area contributed by atoms with Gasteiger partial charge in [-0.15, -0.1) is 0 Å². The zero-order valence-corrected chi connectivity index (χ0v) is 11.1. The van der Waals surface area contributed by atoms with E-state index in [9.17, 15) is 9.36 Å². The van der Waals surface area contributed by atoms with Gasteiger partial charge >= 0.3 is 7.60 Å². The van der Waals surface area contributed by atoms with Gasteiger partial charge < -0.3 is 15.5 Å². The molecule has 0 aliphatic heterocycles. The topological polar surface area (TPSA) is 101 Å². The summed E-state index contributed by atoms with van der Waals surface area (Å²) in [6.07, 6.45) is 0.814. The van der Waals surface area contributed by atoms with Gasteiger partial charge in [0.05, 0.1) is 6.16 Å². The lowest BCUT2D eigenvalue weighted by atomic mass is 9.92. The molecule has 4 N–H and O–H groups in total. The summed E-state index contributed by atoms with van der Waals surface area (Å²) in [4.78, 5) is 28.6. The fourth-order valence-electron chi connectivity index (χ4n) is 1.87. The standard InChI is InChI=1S/C12H18NO4P/c1-2-10(7-12(13)14)11-5-3-9(4-6-11)8-18(15,16)17/h3-6,10H,2,7-8H2,1H3,(H2,13,14)(H2,15,16,17). The number of primary amides is 1. The molecule has 0 spiro atoms. The molecule has 0 fully saturated rings. The molecule has 0 heterocycles. The van der Waals surface area contributed by atoms with Crippen LogP contribution >= 0.6 is 7.60 Å². The maximum atomic E-state index is 10.9. The van der Waals surface area contributed by atoms with Crippen LogP contribution in [0.3, 0.4) is 0 Å². The Morgan fingerprint density at radius 1 is 1.33 bits per heavy atom. The Hall–Kier alpha value is -1.16. The monoisotopic (exact) mass is 271 g/mol. The van der Waals surface area contributed by atoms with Gasteiger partial charge in [-0.2, -0.15) is 0 Å². The van der Waals surface area contributed by atoms with Crippen LogP contribution in [0.2, 0.25) is 0 Å². The second-order valence-corrected chi connectivity index (χ2v) is 5.99. The molecular formula is C12H18NO4P. The second kappa shape index (κ2) is 6.14. The molecule has 0 bridgehead atoms. The van der Waals surface area contributed by atoms with Crippen molar-refractivity contribution in [2.75, 3.05) is 0 Å². The summed E-state index contributed by atoms with van der Waals surface area (Å²) in [5.41, 5.74) is 6.73. The molecule has 0 aliphatic rings. The van der Waals surface area contributed by atoms with Gasteiger partial charge in [0.25, 0.3) is 0 Å². The summed E-state index contributed by atoms with van der Waals surface area (Å²) in [7, 11) is -4.03. The molecule has 0 aromatic heterocycles. The van der Waals surface area contributed by atoms with Gasteiger partial charge in [-0.3, -0.25) is 9.36 Å². The van der Waals surface area contributed by atoms with E-state index in [1.807, 2.05) is 6.92 Å². The average molecular weight is 271 g/mol. The van der Waals surface area contributed by atoms with Crippen molar-refractivity contribution >= 4 is 13.5 Å². The summed E-state index contributed by atoms with van der Waals surface area (Å²) in [6.45, 7) is 1.97. The van der Waals surface area contributed by atoms with Crippen molar-refractivity contribution in [2.45, 2.75) is 31.8 Å². The highest BCUT2D eigenvalue weighted by atomic mass is 31.2. The highest BCUT2D eigenvalue weighted by molar-refractivity contribution is 7.50. The van der Waals surface area contributed by atoms with Crippen LogP contribution in [0.4, 0.5) is 0 Å². The number of hydrogen-bond donors (Lipinski definition) is 3. The summed E-state index contributed by atoms with van der Waals surface area (Å²) in [6, 6.07) is 6.94. The molecule has 0 saturated heterocycles. The summed E-state index contributed by atoms with van der Waals surface area (Å²) in [5.74, 6) is -0.284. The summed E-state index contributed by atoms with van der Waals surface area (Å²) < 4.78 is 10.9. The smallest absolute Gasteiger partial charge is 0.329 e. The number of carbonyl (C=O) groups is 1. The van der Waals surface area contributed by atoms with Crippen LogP contribution in [-0.4, -0.2) is 15.7 Å². The minimum Gasteiger partial charge on any atom is -0.370 e. The number of benzene rings is 1. The van der Waals surface area contributed by atoms with Crippen molar-refractivity contribution < 1.29 is 19.1 Å². The first kappa shape index (κ1) is 14.9. The van der Waals surface area contributed by atoms with Crippen molar-refractivity contribution in [3.63, 3.8) is 0 Å². The zero-order chi connectivity index (χ0) is 13.8. The largest absolute Gasteiger partial charge is 0.370 e. The second-order valence-electron chi connectivity index (χ2n) is 4.34. The van der Waals surface area contributed by atoms with E-state index in [0.717, 1.165) is 12.0 Å². The first-order valence-corrected chi connectivity index (χ1v) is 7.53. The van der Waals surface area contributed by atoms with Gasteiger partial charge in [0, 0.05) is 6.42 Å². The SMILES string of the molecule is CCC(CC(N)=O)c1ccc(CP(=O)(O)O)cc1. The van der Waals surface area contributed by atoms with Gasteiger partial charge in [-0.25, -0.2) is 0 Å². The number of nitrogens with two attached hydrogens (primary N) is 1. The Kier molecular flexibility index (Phi) is 5.08. The van der Waals surface area contributed by atoms with Crippen LogP contribution < -0.4 is 5.73 Å². The van der Waals surface area contributed by atoms with Crippen molar-refractivity contribution in [2.24, 2.45) is 5.73 Å². The maximum Gasteiger partial charge on any atom is 0.329 e. The molecule has 100 valence electrons. The molecule has 1 amide bonds. The van der Waals surface area contributed by atoms with E-state index < -0.39 is 7.60 Å². The summed E-state index contributed by atoms with van der Waals surface area (Å²) >= 11 is 0. The van der Waals surface area contributed by atoms with E-state index in [1.54, 1.807) is 24.3 Å². The van der Waals surface area contributed by atoms with Gasteiger partial charge in [-0.1, -0.05) is 31.2 Å². The normalized spacial score (nSPS) is 13.3. The Balaban J connectivity index is 2.80. The molecule has 1 aromatic carbocycles. The van der Waals surface area contributed by atoms with Crippen LogP contribution in [0.25, 0.3) is 0 Å². The first-order chi connectivity index (χ1) is 8.31. The lowest BCUT2D eigenvalue weighted by Crippen LogP contribution is -2.15. The van der Waals surface area contributed by atoms with Crippen LogP contribution in [0, 0.1) is 0 Å². The van der Waals surface area contributed by atoms with Gasteiger partial charge in [-0.05, 0) is 23.5 Å². The van der Waals surface area contributed by atoms with Crippen LogP contribution in [0.15, 0.2) is 24.3 Å². The molecule has 18 heavy (non-hydrogen) atoms. The lowest BCUT2D eigenvalue weighted by Gasteiger charge is -2.14. The van der Waals surface area contributed by atoms with Crippen LogP contribution in [0.5, 0.6) is 0 Å². The number of carbonyl (C=O) groups excluding carboxylic acids is 1. The third kappa shape index (κ3) is 5.00. The van der Waals surface area contributed by atoms with Crippen molar-refractivity contribution in [1.29, 1.82) is 0 Å². The molecule has 0 saturated carbocycles. The summed E-state index contributed by atoms with van der Waals surface area (Å²) in [5, 5.41) is 0. The quantitative estimate of drug-likeness (QED) is 0.686. The predicted octanol–water partition coefficient (Wildman–Crippen LogP) is 1.73. The minimum absolute atomic E-state index is 0.0617. The predicted molar refractivity (Wildman–Crippen MR) is 69.0 cm³/mol. The van der Waals surface area contributed by atoms with Crippen molar-refractivity contribution in [3.05, 3.63) is 35.4 Å². The molecule has 0 aliphatic carbocycles. The molecular weight excluding hydrogens is 253 g/mol. The number of rotatable bonds is 6. The van der Waals surface area contributed by atoms with E-state index in [2.05, 4.69) is 0 Å². The van der Waals surface area contributed by atoms with E-state index in [-0.39, 0.29) is 24.4 Å². The molecule has 5 nitrogen and oxygen atoms in total. The van der Waals surface area contributed by atoms with E-state index in [4.69, 9.17) is 15.5 Å². The maximum absolute atomic E-state index is 10.9. The van der Waals surface area contributed by atoms with Crippen molar-refractivity contribution in [3.8, 4) is 0 Å². The average Bonchev–Trinajstić information content (AvgIpc) is 2.24. The van der Waals surface area contributed by atoms with Crippen LogP contribution in [-0.2, 0) is 15.5 Å². The molecule has 1 atom stereocenters. The third-order valence-corrected chi connectivity index (χ3v) is 3.56.